The van der Waals surface area contributed by atoms with E-state index >= 15 is 0 Å². The van der Waals surface area contributed by atoms with E-state index in [0.717, 1.165) is 11.9 Å². The molecule has 1 aromatic heterocycles. The number of sulfone groups is 1. The first-order valence-corrected chi connectivity index (χ1v) is 8.44. The second-order valence-electron chi connectivity index (χ2n) is 4.77. The molecule has 0 bridgehead atoms. The summed E-state index contributed by atoms with van der Waals surface area (Å²) in [6.07, 6.45) is 1.16. The fourth-order valence-electron chi connectivity index (χ4n) is 1.69. The van der Waals surface area contributed by atoms with Crippen LogP contribution in [0.25, 0.3) is 0 Å². The number of aryl methyl sites for hydroxylation is 1. The molecule has 1 heterocycles. The summed E-state index contributed by atoms with van der Waals surface area (Å²) >= 11 is 0. The predicted molar refractivity (Wildman–Crippen MR) is 79.8 cm³/mol. The Morgan fingerprint density at radius 2 is 2.05 bits per heavy atom. The minimum absolute atomic E-state index is 0.0423. The molecule has 1 amide bonds. The van der Waals surface area contributed by atoms with Crippen LogP contribution in [-0.2, 0) is 9.84 Å². The minimum atomic E-state index is -3.08. The molecule has 1 rings (SSSR count). The van der Waals surface area contributed by atoms with Crippen LogP contribution < -0.4 is 5.32 Å². The summed E-state index contributed by atoms with van der Waals surface area (Å²) in [5, 5.41) is 3.06. The lowest BCUT2D eigenvalue weighted by Crippen LogP contribution is -2.31. The van der Waals surface area contributed by atoms with Crippen molar-refractivity contribution in [2.24, 2.45) is 0 Å². The van der Waals surface area contributed by atoms with Gasteiger partial charge in [-0.25, -0.2) is 13.4 Å². The monoisotopic (exact) mass is 299 g/mol. The van der Waals surface area contributed by atoms with Crippen molar-refractivity contribution in [1.82, 2.24) is 9.88 Å². The predicted octanol–water partition coefficient (Wildman–Crippen LogP) is 0.938. The van der Waals surface area contributed by atoms with Gasteiger partial charge in [0.2, 0.25) is 0 Å². The maximum absolute atomic E-state index is 12.2. The molecule has 20 heavy (non-hydrogen) atoms. The molecule has 0 saturated carbocycles. The van der Waals surface area contributed by atoms with Crippen molar-refractivity contribution < 1.29 is 13.2 Å². The Balaban J connectivity index is 2.85. The second kappa shape index (κ2) is 6.69. The van der Waals surface area contributed by atoms with Crippen LogP contribution in [0.2, 0.25) is 0 Å². The quantitative estimate of drug-likeness (QED) is 0.845. The lowest BCUT2D eigenvalue weighted by atomic mass is 10.2. The molecule has 0 saturated heterocycles. The molecule has 1 N–H and O–H groups in total. The zero-order chi connectivity index (χ0) is 15.3. The van der Waals surface area contributed by atoms with E-state index in [1.165, 1.54) is 4.90 Å². The normalized spacial score (nSPS) is 11.2. The van der Waals surface area contributed by atoms with E-state index in [1.54, 1.807) is 19.2 Å². The van der Waals surface area contributed by atoms with Crippen LogP contribution >= 0.6 is 0 Å². The summed E-state index contributed by atoms with van der Waals surface area (Å²) < 4.78 is 22.3. The van der Waals surface area contributed by atoms with Gasteiger partial charge in [0.05, 0.1) is 5.75 Å². The lowest BCUT2D eigenvalue weighted by Gasteiger charge is -2.17. The Hall–Kier alpha value is -1.63. The Labute approximate surface area is 120 Å². The van der Waals surface area contributed by atoms with E-state index in [4.69, 9.17) is 0 Å². The maximum Gasteiger partial charge on any atom is 0.253 e. The van der Waals surface area contributed by atoms with Crippen LogP contribution in [0.1, 0.15) is 23.0 Å². The van der Waals surface area contributed by atoms with Crippen molar-refractivity contribution >= 4 is 21.6 Å². The number of hydrogen-bond donors (Lipinski definition) is 1. The highest BCUT2D eigenvalue weighted by Gasteiger charge is 2.15. The number of anilines is 1. The van der Waals surface area contributed by atoms with E-state index in [-0.39, 0.29) is 18.2 Å². The smallest absolute Gasteiger partial charge is 0.253 e. The summed E-state index contributed by atoms with van der Waals surface area (Å²) in [5.74, 6) is 0.394. The van der Waals surface area contributed by atoms with Crippen molar-refractivity contribution in [2.75, 3.05) is 37.5 Å². The Kier molecular flexibility index (Phi) is 5.50. The van der Waals surface area contributed by atoms with E-state index in [2.05, 4.69) is 10.3 Å². The van der Waals surface area contributed by atoms with Gasteiger partial charge in [0.1, 0.15) is 15.7 Å². The molecular weight excluding hydrogens is 278 g/mol. The highest BCUT2D eigenvalue weighted by atomic mass is 32.2. The summed E-state index contributed by atoms with van der Waals surface area (Å²) in [7, 11) is -1.48. The first-order chi connectivity index (χ1) is 9.23. The van der Waals surface area contributed by atoms with E-state index in [0.29, 0.717) is 17.9 Å². The number of carbonyl (C=O) groups is 1. The zero-order valence-corrected chi connectivity index (χ0v) is 13.1. The highest BCUT2D eigenvalue weighted by molar-refractivity contribution is 7.90. The minimum Gasteiger partial charge on any atom is -0.370 e. The van der Waals surface area contributed by atoms with E-state index in [9.17, 15) is 13.2 Å². The SMILES string of the molecule is CCNc1cc(C(=O)N(C)CCS(C)(=O)=O)cc(C)n1. The molecule has 6 nitrogen and oxygen atoms in total. The fourth-order valence-corrected chi connectivity index (χ4v) is 2.29. The topological polar surface area (TPSA) is 79.4 Å². The summed E-state index contributed by atoms with van der Waals surface area (Å²) in [4.78, 5) is 17.9. The molecule has 0 aliphatic carbocycles. The second-order valence-corrected chi connectivity index (χ2v) is 7.03. The first kappa shape index (κ1) is 16.4. The van der Waals surface area contributed by atoms with E-state index in [1.807, 2.05) is 13.8 Å². The van der Waals surface area contributed by atoms with Gasteiger partial charge in [-0.05, 0) is 26.0 Å². The average Bonchev–Trinajstić information content (AvgIpc) is 2.34. The van der Waals surface area contributed by atoms with E-state index < -0.39 is 9.84 Å². The standard InChI is InChI=1S/C13H21N3O3S/c1-5-14-12-9-11(8-10(2)15-12)13(17)16(3)6-7-20(4,18)19/h8-9H,5-7H2,1-4H3,(H,14,15). The van der Waals surface area contributed by atoms with Crippen LogP contribution in [0.15, 0.2) is 12.1 Å². The van der Waals surface area contributed by atoms with Gasteiger partial charge >= 0.3 is 0 Å². The molecule has 1 aromatic rings. The van der Waals surface area contributed by atoms with Crippen LogP contribution in [0.5, 0.6) is 0 Å². The number of amides is 1. The van der Waals surface area contributed by atoms with Crippen LogP contribution in [0.3, 0.4) is 0 Å². The van der Waals surface area contributed by atoms with Crippen molar-refractivity contribution in [3.8, 4) is 0 Å². The third-order valence-corrected chi connectivity index (χ3v) is 3.63. The average molecular weight is 299 g/mol. The van der Waals surface area contributed by atoms with Gasteiger partial charge in [-0.3, -0.25) is 4.79 Å². The molecule has 0 aliphatic heterocycles. The molecule has 0 fully saturated rings. The lowest BCUT2D eigenvalue weighted by molar-refractivity contribution is 0.0803. The summed E-state index contributed by atoms with van der Waals surface area (Å²) in [6, 6.07) is 3.37. The first-order valence-electron chi connectivity index (χ1n) is 6.38. The molecule has 0 unspecified atom stereocenters. The molecule has 0 atom stereocenters. The summed E-state index contributed by atoms with van der Waals surface area (Å²) in [5.41, 5.74) is 1.24. The zero-order valence-electron chi connectivity index (χ0n) is 12.3. The van der Waals surface area contributed by atoms with Gasteiger partial charge in [0, 0.05) is 37.7 Å². The van der Waals surface area contributed by atoms with Crippen molar-refractivity contribution in [3.63, 3.8) is 0 Å². The molecule has 0 aromatic carbocycles. The molecule has 0 aliphatic rings. The Morgan fingerprint density at radius 3 is 2.60 bits per heavy atom. The van der Waals surface area contributed by atoms with Gasteiger partial charge in [0.15, 0.2) is 0 Å². The largest absolute Gasteiger partial charge is 0.370 e. The fraction of sp³-hybridized carbons (Fsp3) is 0.538. The molecule has 0 spiro atoms. The maximum atomic E-state index is 12.2. The third-order valence-electron chi connectivity index (χ3n) is 2.70. The molecule has 112 valence electrons. The van der Waals surface area contributed by atoms with Gasteiger partial charge in [-0.1, -0.05) is 0 Å². The van der Waals surface area contributed by atoms with Crippen LogP contribution in [0, 0.1) is 6.92 Å². The Bertz CT molecular complexity index is 585. The molecule has 7 heteroatoms. The van der Waals surface area contributed by atoms with Crippen LogP contribution in [0.4, 0.5) is 5.82 Å². The number of carbonyl (C=O) groups excluding carboxylic acids is 1. The number of aromatic nitrogens is 1. The molecule has 0 radical (unpaired) electrons. The van der Waals surface area contributed by atoms with Crippen molar-refractivity contribution in [2.45, 2.75) is 13.8 Å². The van der Waals surface area contributed by atoms with Crippen molar-refractivity contribution in [1.29, 1.82) is 0 Å². The number of rotatable bonds is 6. The van der Waals surface area contributed by atoms with Crippen molar-refractivity contribution in [3.05, 3.63) is 23.4 Å². The summed E-state index contributed by atoms with van der Waals surface area (Å²) in [6.45, 7) is 4.65. The molecular formula is C13H21N3O3S. The third kappa shape index (κ3) is 5.16. The highest BCUT2D eigenvalue weighted by Crippen LogP contribution is 2.12. The van der Waals surface area contributed by atoms with Crippen LogP contribution in [-0.4, -0.2) is 56.4 Å². The number of nitrogens with one attached hydrogen (secondary N) is 1. The van der Waals surface area contributed by atoms with Gasteiger partial charge in [-0.15, -0.1) is 0 Å². The number of nitrogens with zero attached hydrogens (tertiary/aromatic N) is 2. The Morgan fingerprint density at radius 1 is 1.40 bits per heavy atom. The van der Waals surface area contributed by atoms with Gasteiger partial charge < -0.3 is 10.2 Å². The van der Waals surface area contributed by atoms with Gasteiger partial charge in [0.25, 0.3) is 5.91 Å². The van der Waals surface area contributed by atoms with Gasteiger partial charge in [-0.2, -0.15) is 0 Å². The number of pyridine rings is 1. The number of hydrogen-bond acceptors (Lipinski definition) is 5.